The Hall–Kier alpha value is -1.11. The number of hydrogen-bond donors (Lipinski definition) is 2. The third-order valence-electron chi connectivity index (χ3n) is 2.60. The highest BCUT2D eigenvalue weighted by Crippen LogP contribution is 2.19. The summed E-state index contributed by atoms with van der Waals surface area (Å²) in [7, 11) is -3.40. The van der Waals surface area contributed by atoms with Gasteiger partial charge in [-0.1, -0.05) is 6.42 Å². The van der Waals surface area contributed by atoms with Gasteiger partial charge in [-0.25, -0.2) is 8.42 Å². The Kier molecular flexibility index (Phi) is 3.90. The van der Waals surface area contributed by atoms with Crippen molar-refractivity contribution >= 4 is 21.7 Å². The number of sulfone groups is 1. The van der Waals surface area contributed by atoms with Crippen LogP contribution in [0.4, 0.5) is 0 Å². The standard InChI is InChI=1S/C9H15NO5S/c1-6(9(12)13)10-8(11)7-4-2-3-5-16(7,14)15/h6-7H,2-5H2,1H3,(H,10,11)(H,12,13)/t6-,7?/m0/s1. The topological polar surface area (TPSA) is 101 Å². The summed E-state index contributed by atoms with van der Waals surface area (Å²) in [6, 6.07) is -1.07. The fraction of sp³-hybridized carbons (Fsp3) is 0.778. The molecule has 1 unspecified atom stereocenters. The zero-order valence-corrected chi connectivity index (χ0v) is 9.79. The second-order valence-electron chi connectivity index (χ2n) is 3.92. The Bertz CT molecular complexity index is 389. The van der Waals surface area contributed by atoms with E-state index in [0.29, 0.717) is 12.8 Å². The van der Waals surface area contributed by atoms with E-state index in [1.54, 1.807) is 0 Å². The second-order valence-corrected chi connectivity index (χ2v) is 6.22. The summed E-state index contributed by atoms with van der Waals surface area (Å²) in [4.78, 5) is 22.1. The molecule has 0 aliphatic carbocycles. The smallest absolute Gasteiger partial charge is 0.325 e. The number of nitrogens with one attached hydrogen (secondary N) is 1. The maximum absolute atomic E-state index is 11.6. The summed E-state index contributed by atoms with van der Waals surface area (Å²) < 4.78 is 23.1. The summed E-state index contributed by atoms with van der Waals surface area (Å²) >= 11 is 0. The predicted molar refractivity (Wildman–Crippen MR) is 56.7 cm³/mol. The molecule has 1 saturated heterocycles. The summed E-state index contributed by atoms with van der Waals surface area (Å²) in [5, 5.41) is 9.70. The van der Waals surface area contributed by atoms with Crippen LogP contribution in [0.3, 0.4) is 0 Å². The number of amides is 1. The highest BCUT2D eigenvalue weighted by Gasteiger charge is 2.35. The van der Waals surface area contributed by atoms with Crippen molar-refractivity contribution in [2.75, 3.05) is 5.75 Å². The molecule has 6 nitrogen and oxygen atoms in total. The van der Waals surface area contributed by atoms with Crippen LogP contribution in [0.15, 0.2) is 0 Å². The zero-order valence-electron chi connectivity index (χ0n) is 8.97. The van der Waals surface area contributed by atoms with E-state index in [1.807, 2.05) is 0 Å². The van der Waals surface area contributed by atoms with E-state index in [1.165, 1.54) is 6.92 Å². The van der Waals surface area contributed by atoms with Crippen molar-refractivity contribution in [3.8, 4) is 0 Å². The number of carbonyl (C=O) groups excluding carboxylic acids is 1. The maximum Gasteiger partial charge on any atom is 0.325 e. The average Bonchev–Trinajstić information content (AvgIpc) is 2.16. The Morgan fingerprint density at radius 1 is 1.38 bits per heavy atom. The third-order valence-corrected chi connectivity index (χ3v) is 4.77. The highest BCUT2D eigenvalue weighted by molar-refractivity contribution is 7.92. The molecule has 16 heavy (non-hydrogen) atoms. The average molecular weight is 249 g/mol. The van der Waals surface area contributed by atoms with Gasteiger partial charge in [-0.15, -0.1) is 0 Å². The molecule has 2 atom stereocenters. The fourth-order valence-electron chi connectivity index (χ4n) is 1.62. The van der Waals surface area contributed by atoms with E-state index in [4.69, 9.17) is 5.11 Å². The van der Waals surface area contributed by atoms with Crippen LogP contribution < -0.4 is 5.32 Å². The van der Waals surface area contributed by atoms with E-state index in [0.717, 1.165) is 0 Å². The first-order chi connectivity index (χ1) is 7.34. The third kappa shape index (κ3) is 2.94. The molecule has 1 fully saturated rings. The summed E-state index contributed by atoms with van der Waals surface area (Å²) in [6.45, 7) is 1.30. The molecule has 0 aromatic rings. The van der Waals surface area contributed by atoms with Gasteiger partial charge >= 0.3 is 5.97 Å². The van der Waals surface area contributed by atoms with E-state index in [9.17, 15) is 18.0 Å². The van der Waals surface area contributed by atoms with Gasteiger partial charge in [0.25, 0.3) is 0 Å². The van der Waals surface area contributed by atoms with Gasteiger partial charge in [-0.3, -0.25) is 9.59 Å². The molecule has 0 radical (unpaired) electrons. The van der Waals surface area contributed by atoms with Crippen LogP contribution in [0, 0.1) is 0 Å². The number of carbonyl (C=O) groups is 2. The van der Waals surface area contributed by atoms with Crippen molar-refractivity contribution in [3.05, 3.63) is 0 Å². The molecule has 0 bridgehead atoms. The number of carboxylic acid groups (broad SMARTS) is 1. The molecule has 1 rings (SSSR count). The molecule has 0 saturated carbocycles. The molecule has 2 N–H and O–H groups in total. The van der Waals surface area contributed by atoms with Crippen molar-refractivity contribution in [2.45, 2.75) is 37.5 Å². The second kappa shape index (κ2) is 4.82. The van der Waals surface area contributed by atoms with Crippen LogP contribution in [-0.4, -0.2) is 42.4 Å². The Balaban J connectivity index is 2.70. The lowest BCUT2D eigenvalue weighted by Crippen LogP contribution is -2.48. The van der Waals surface area contributed by atoms with Crippen molar-refractivity contribution in [2.24, 2.45) is 0 Å². The van der Waals surface area contributed by atoms with E-state index < -0.39 is 33.0 Å². The molecular formula is C9H15NO5S. The van der Waals surface area contributed by atoms with Crippen molar-refractivity contribution in [3.63, 3.8) is 0 Å². The minimum Gasteiger partial charge on any atom is -0.480 e. The first-order valence-corrected chi connectivity index (χ1v) is 6.81. The fourth-order valence-corrected chi connectivity index (χ4v) is 3.43. The predicted octanol–water partition coefficient (Wildman–Crippen LogP) is -0.457. The van der Waals surface area contributed by atoms with E-state index in [2.05, 4.69) is 5.32 Å². The van der Waals surface area contributed by atoms with Gasteiger partial charge in [-0.05, 0) is 19.8 Å². The lowest BCUT2D eigenvalue weighted by molar-refractivity contribution is -0.141. The van der Waals surface area contributed by atoms with Crippen LogP contribution in [-0.2, 0) is 19.4 Å². The molecule has 1 heterocycles. The van der Waals surface area contributed by atoms with Crippen molar-refractivity contribution in [1.82, 2.24) is 5.32 Å². The molecule has 92 valence electrons. The van der Waals surface area contributed by atoms with Crippen LogP contribution in [0.25, 0.3) is 0 Å². The van der Waals surface area contributed by atoms with Crippen LogP contribution in [0.2, 0.25) is 0 Å². The molecule has 0 spiro atoms. The van der Waals surface area contributed by atoms with E-state index in [-0.39, 0.29) is 12.2 Å². The Labute approximate surface area is 93.9 Å². The monoisotopic (exact) mass is 249 g/mol. The zero-order chi connectivity index (χ0) is 12.3. The summed E-state index contributed by atoms with van der Waals surface area (Å²) in [5.41, 5.74) is 0. The largest absolute Gasteiger partial charge is 0.480 e. The highest BCUT2D eigenvalue weighted by atomic mass is 32.2. The van der Waals surface area contributed by atoms with Crippen molar-refractivity contribution in [1.29, 1.82) is 0 Å². The minimum absolute atomic E-state index is 0.00649. The number of rotatable bonds is 3. The lowest BCUT2D eigenvalue weighted by atomic mass is 10.1. The van der Waals surface area contributed by atoms with Gasteiger partial charge in [0.1, 0.15) is 11.3 Å². The number of carboxylic acids is 1. The van der Waals surface area contributed by atoms with Gasteiger partial charge in [0.15, 0.2) is 9.84 Å². The molecule has 0 aromatic heterocycles. The van der Waals surface area contributed by atoms with Crippen LogP contribution in [0.5, 0.6) is 0 Å². The van der Waals surface area contributed by atoms with Crippen LogP contribution in [0.1, 0.15) is 26.2 Å². The molecule has 1 amide bonds. The van der Waals surface area contributed by atoms with Gasteiger partial charge in [-0.2, -0.15) is 0 Å². The van der Waals surface area contributed by atoms with Crippen LogP contribution >= 0.6 is 0 Å². The van der Waals surface area contributed by atoms with Crippen molar-refractivity contribution < 1.29 is 23.1 Å². The number of hydrogen-bond acceptors (Lipinski definition) is 4. The lowest BCUT2D eigenvalue weighted by Gasteiger charge is -2.22. The molecular weight excluding hydrogens is 234 g/mol. The first kappa shape index (κ1) is 13.0. The van der Waals surface area contributed by atoms with E-state index >= 15 is 0 Å². The minimum atomic E-state index is -3.40. The van der Waals surface area contributed by atoms with Gasteiger partial charge < -0.3 is 10.4 Å². The van der Waals surface area contributed by atoms with Gasteiger partial charge in [0.2, 0.25) is 5.91 Å². The normalized spacial score (nSPS) is 25.7. The maximum atomic E-state index is 11.6. The molecule has 0 aromatic carbocycles. The Morgan fingerprint density at radius 3 is 2.50 bits per heavy atom. The summed E-state index contributed by atoms with van der Waals surface area (Å²) in [6.07, 6.45) is 1.53. The molecule has 7 heteroatoms. The first-order valence-electron chi connectivity index (χ1n) is 5.09. The SMILES string of the molecule is C[C@H](NC(=O)C1CCCCS1(=O)=O)C(=O)O. The van der Waals surface area contributed by atoms with Gasteiger partial charge in [0.05, 0.1) is 5.75 Å². The number of aliphatic carboxylic acids is 1. The summed E-state index contributed by atoms with van der Waals surface area (Å²) in [5.74, 6) is -1.87. The molecule has 1 aliphatic rings. The van der Waals surface area contributed by atoms with Gasteiger partial charge in [0, 0.05) is 0 Å². The molecule has 1 aliphatic heterocycles. The quantitative estimate of drug-likeness (QED) is 0.705. The Morgan fingerprint density at radius 2 is 2.00 bits per heavy atom.